The normalized spacial score (nSPS) is 11.4. The minimum Gasteiger partial charge on any atom is -0.308 e. The van der Waals surface area contributed by atoms with Gasteiger partial charge < -0.3 is 5.32 Å². The van der Waals surface area contributed by atoms with Gasteiger partial charge in [0.05, 0.1) is 12.4 Å². The number of aryl methyl sites for hydroxylation is 1. The molecule has 0 spiro atoms. The minimum atomic E-state index is -2.38. The van der Waals surface area contributed by atoms with E-state index in [0.29, 0.717) is 13.1 Å². The number of nitrogens with one attached hydrogen (secondary N) is 1. The van der Waals surface area contributed by atoms with Gasteiger partial charge in [-0.25, -0.2) is 8.78 Å². The Hall–Kier alpha value is -1.76. The highest BCUT2D eigenvalue weighted by Gasteiger charge is 2.10. The van der Waals surface area contributed by atoms with Gasteiger partial charge in [0.15, 0.2) is 0 Å². The van der Waals surface area contributed by atoms with Gasteiger partial charge in [-0.05, 0) is 6.92 Å². The lowest BCUT2D eigenvalue weighted by Gasteiger charge is -2.05. The average Bonchev–Trinajstić information content (AvgIpc) is 2.89. The highest BCUT2D eigenvalue weighted by atomic mass is 19.3. The summed E-state index contributed by atoms with van der Waals surface area (Å²) in [6.45, 7) is 2.74. The second-order valence-electron chi connectivity index (χ2n) is 4.45. The van der Waals surface area contributed by atoms with Gasteiger partial charge in [-0.3, -0.25) is 9.36 Å². The molecule has 0 aliphatic rings. The summed E-state index contributed by atoms with van der Waals surface area (Å²) in [6.07, 6.45) is 2.98. The van der Waals surface area contributed by atoms with Crippen molar-refractivity contribution in [2.45, 2.75) is 33.0 Å². The standard InChI is InChI=1S/C12H17F2N5/c1-9-11(6-17-19(9)8-12(13)14)5-15-3-10-4-16-18(2)7-10/h4,6-7,12,15H,3,5,8H2,1-2H3. The summed E-state index contributed by atoms with van der Waals surface area (Å²) in [5.74, 6) is 0. The maximum Gasteiger partial charge on any atom is 0.257 e. The van der Waals surface area contributed by atoms with Crippen LogP contribution in [0.3, 0.4) is 0 Å². The molecule has 104 valence electrons. The molecule has 19 heavy (non-hydrogen) atoms. The van der Waals surface area contributed by atoms with Crippen LogP contribution in [0.4, 0.5) is 8.78 Å². The smallest absolute Gasteiger partial charge is 0.257 e. The minimum absolute atomic E-state index is 0.353. The summed E-state index contributed by atoms with van der Waals surface area (Å²) in [7, 11) is 1.86. The Bertz CT molecular complexity index is 532. The van der Waals surface area contributed by atoms with Crippen LogP contribution < -0.4 is 5.32 Å². The third kappa shape index (κ3) is 3.60. The van der Waals surface area contributed by atoms with Gasteiger partial charge in [-0.15, -0.1) is 0 Å². The first-order chi connectivity index (χ1) is 9.06. The van der Waals surface area contributed by atoms with Crippen molar-refractivity contribution in [3.05, 3.63) is 35.4 Å². The zero-order valence-corrected chi connectivity index (χ0v) is 11.0. The monoisotopic (exact) mass is 269 g/mol. The van der Waals surface area contributed by atoms with E-state index in [1.54, 1.807) is 24.0 Å². The van der Waals surface area contributed by atoms with Crippen LogP contribution in [-0.2, 0) is 26.7 Å². The first-order valence-corrected chi connectivity index (χ1v) is 6.04. The molecule has 0 radical (unpaired) electrons. The fraction of sp³-hybridized carbons (Fsp3) is 0.500. The Labute approximate surface area is 110 Å². The summed E-state index contributed by atoms with van der Waals surface area (Å²) < 4.78 is 27.7. The van der Waals surface area contributed by atoms with E-state index in [-0.39, 0.29) is 6.54 Å². The van der Waals surface area contributed by atoms with E-state index in [1.165, 1.54) is 4.68 Å². The summed E-state index contributed by atoms with van der Waals surface area (Å²) in [4.78, 5) is 0. The number of alkyl halides is 2. The molecule has 0 saturated heterocycles. The predicted octanol–water partition coefficient (Wildman–Crippen LogP) is 1.48. The Kier molecular flexibility index (Phi) is 4.26. The van der Waals surface area contributed by atoms with Crippen molar-refractivity contribution in [2.75, 3.05) is 0 Å². The molecule has 0 aliphatic heterocycles. The van der Waals surface area contributed by atoms with Crippen LogP contribution >= 0.6 is 0 Å². The van der Waals surface area contributed by atoms with E-state index in [0.717, 1.165) is 16.8 Å². The largest absolute Gasteiger partial charge is 0.308 e. The fourth-order valence-electron chi connectivity index (χ4n) is 1.88. The third-order valence-electron chi connectivity index (χ3n) is 2.92. The van der Waals surface area contributed by atoms with Crippen molar-refractivity contribution in [2.24, 2.45) is 7.05 Å². The second kappa shape index (κ2) is 5.92. The molecular formula is C12H17F2N5. The molecule has 0 bridgehead atoms. The van der Waals surface area contributed by atoms with Crippen molar-refractivity contribution in [3.8, 4) is 0 Å². The lowest BCUT2D eigenvalue weighted by molar-refractivity contribution is 0.121. The molecule has 2 aromatic rings. The van der Waals surface area contributed by atoms with Crippen LogP contribution in [0.2, 0.25) is 0 Å². The predicted molar refractivity (Wildman–Crippen MR) is 66.7 cm³/mol. The number of hydrogen-bond acceptors (Lipinski definition) is 3. The number of aromatic nitrogens is 4. The Morgan fingerprint density at radius 1 is 1.26 bits per heavy atom. The molecule has 0 unspecified atom stereocenters. The first kappa shape index (κ1) is 13.7. The summed E-state index contributed by atoms with van der Waals surface area (Å²) in [5.41, 5.74) is 2.80. The third-order valence-corrected chi connectivity index (χ3v) is 2.92. The average molecular weight is 269 g/mol. The van der Waals surface area contributed by atoms with Gasteiger partial charge in [0.1, 0.15) is 6.54 Å². The summed E-state index contributed by atoms with van der Waals surface area (Å²) in [5, 5.41) is 11.3. The van der Waals surface area contributed by atoms with Gasteiger partial charge in [-0.1, -0.05) is 0 Å². The van der Waals surface area contributed by atoms with E-state index < -0.39 is 6.43 Å². The molecule has 2 rings (SSSR count). The van der Waals surface area contributed by atoms with E-state index >= 15 is 0 Å². The number of rotatable bonds is 6. The number of nitrogens with zero attached hydrogens (tertiary/aromatic N) is 4. The van der Waals surface area contributed by atoms with Crippen molar-refractivity contribution in [3.63, 3.8) is 0 Å². The molecule has 2 heterocycles. The molecule has 2 aromatic heterocycles. The van der Waals surface area contributed by atoms with Crippen molar-refractivity contribution >= 4 is 0 Å². The van der Waals surface area contributed by atoms with Gasteiger partial charge in [0, 0.05) is 43.2 Å². The van der Waals surface area contributed by atoms with Crippen LogP contribution in [0, 0.1) is 6.92 Å². The molecule has 0 aliphatic carbocycles. The second-order valence-corrected chi connectivity index (χ2v) is 4.45. The van der Waals surface area contributed by atoms with E-state index in [2.05, 4.69) is 15.5 Å². The van der Waals surface area contributed by atoms with E-state index in [9.17, 15) is 8.78 Å². The molecule has 0 saturated carbocycles. The van der Waals surface area contributed by atoms with Crippen LogP contribution in [0.5, 0.6) is 0 Å². The van der Waals surface area contributed by atoms with Crippen LogP contribution in [-0.4, -0.2) is 26.0 Å². The highest BCUT2D eigenvalue weighted by molar-refractivity contribution is 5.16. The maximum absolute atomic E-state index is 12.3. The van der Waals surface area contributed by atoms with Gasteiger partial charge >= 0.3 is 0 Å². The number of halogens is 2. The molecule has 1 N–H and O–H groups in total. The van der Waals surface area contributed by atoms with Gasteiger partial charge in [-0.2, -0.15) is 10.2 Å². The Morgan fingerprint density at radius 3 is 2.68 bits per heavy atom. The van der Waals surface area contributed by atoms with Crippen molar-refractivity contribution in [1.29, 1.82) is 0 Å². The molecule has 0 amide bonds. The molecule has 0 aromatic carbocycles. The topological polar surface area (TPSA) is 47.7 Å². The molecular weight excluding hydrogens is 252 g/mol. The zero-order valence-electron chi connectivity index (χ0n) is 11.0. The van der Waals surface area contributed by atoms with Crippen LogP contribution in [0.25, 0.3) is 0 Å². The molecule has 0 fully saturated rings. The maximum atomic E-state index is 12.3. The Morgan fingerprint density at radius 2 is 2.05 bits per heavy atom. The molecule has 5 nitrogen and oxygen atoms in total. The van der Waals surface area contributed by atoms with Gasteiger partial charge in [0.25, 0.3) is 6.43 Å². The SMILES string of the molecule is Cc1c(CNCc2cnn(C)c2)cnn1CC(F)F. The fourth-order valence-corrected chi connectivity index (χ4v) is 1.88. The number of hydrogen-bond donors (Lipinski definition) is 1. The summed E-state index contributed by atoms with van der Waals surface area (Å²) in [6, 6.07) is 0. The quantitative estimate of drug-likeness (QED) is 0.864. The lowest BCUT2D eigenvalue weighted by atomic mass is 10.2. The highest BCUT2D eigenvalue weighted by Crippen LogP contribution is 2.09. The van der Waals surface area contributed by atoms with Crippen molar-refractivity contribution < 1.29 is 8.78 Å². The Balaban J connectivity index is 1.87. The van der Waals surface area contributed by atoms with E-state index in [4.69, 9.17) is 0 Å². The van der Waals surface area contributed by atoms with Crippen LogP contribution in [0.1, 0.15) is 16.8 Å². The first-order valence-electron chi connectivity index (χ1n) is 6.04. The molecule has 0 atom stereocenters. The summed E-state index contributed by atoms with van der Waals surface area (Å²) >= 11 is 0. The zero-order chi connectivity index (χ0) is 13.8. The molecule has 7 heteroatoms. The van der Waals surface area contributed by atoms with Gasteiger partial charge in [0.2, 0.25) is 0 Å². The van der Waals surface area contributed by atoms with Crippen LogP contribution in [0.15, 0.2) is 18.6 Å². The van der Waals surface area contributed by atoms with E-state index in [1.807, 2.05) is 13.2 Å². The van der Waals surface area contributed by atoms with Crippen molar-refractivity contribution in [1.82, 2.24) is 24.9 Å². The lowest BCUT2D eigenvalue weighted by Crippen LogP contribution is -2.14.